The van der Waals surface area contributed by atoms with Crippen molar-refractivity contribution in [1.82, 2.24) is 0 Å². The molecule has 0 atom stereocenters. The van der Waals surface area contributed by atoms with Gasteiger partial charge in [0.2, 0.25) is 0 Å². The Balaban J connectivity index is 3.46. The summed E-state index contributed by atoms with van der Waals surface area (Å²) in [7, 11) is 0. The number of unbranched alkanes of at least 4 members (excludes halogenated alkanes) is 8. The molecule has 0 aliphatic carbocycles. The summed E-state index contributed by atoms with van der Waals surface area (Å²) in [6.45, 7) is 1.69. The van der Waals surface area contributed by atoms with Gasteiger partial charge in [-0.25, -0.2) is 0 Å². The Hall–Kier alpha value is -0.530. The van der Waals surface area contributed by atoms with Gasteiger partial charge in [-0.3, -0.25) is 4.79 Å². The molecule has 0 rings (SSSR count). The normalized spacial score (nSPS) is 15.6. The van der Waals surface area contributed by atoms with Crippen molar-refractivity contribution in [2.45, 2.75) is 96.7 Å². The second-order valence-corrected chi connectivity index (χ2v) is 4.78. The Bertz CT molecular complexity index is 307. The highest BCUT2D eigenvalue weighted by Gasteiger charge is 1.96. The van der Waals surface area contributed by atoms with Crippen molar-refractivity contribution in [2.24, 2.45) is 0 Å². The first kappa shape index (κ1) is 11.3. The molecule has 0 aliphatic rings. The standard InChI is InChI=1S/C16H32O2/c1-2-3-4-5-6-7-8-9-10-11-12-13-14-15-16(17)18/h2-15H2,1H3,(H,17,18)/i3D2,4D2. The summed E-state index contributed by atoms with van der Waals surface area (Å²) in [5.41, 5.74) is 0. The lowest BCUT2D eigenvalue weighted by Gasteiger charge is -2.02. The molecular weight excluding hydrogens is 224 g/mol. The second-order valence-electron chi connectivity index (χ2n) is 4.78. The van der Waals surface area contributed by atoms with Crippen LogP contribution in [0.2, 0.25) is 0 Å². The van der Waals surface area contributed by atoms with Gasteiger partial charge in [0.15, 0.2) is 0 Å². The Morgan fingerprint density at radius 1 is 0.833 bits per heavy atom. The average Bonchev–Trinajstić information content (AvgIpc) is 2.44. The molecule has 0 unspecified atom stereocenters. The fraction of sp³-hybridized carbons (Fsp3) is 0.938. The first-order valence-electron chi connectivity index (χ1n) is 9.45. The molecule has 108 valence electrons. The van der Waals surface area contributed by atoms with Crippen molar-refractivity contribution in [3.63, 3.8) is 0 Å². The highest BCUT2D eigenvalue weighted by Crippen LogP contribution is 2.12. The molecule has 0 radical (unpaired) electrons. The van der Waals surface area contributed by atoms with Gasteiger partial charge >= 0.3 is 5.97 Å². The molecule has 0 bridgehead atoms. The molecule has 0 aromatic carbocycles. The predicted molar refractivity (Wildman–Crippen MR) is 77.9 cm³/mol. The highest BCUT2D eigenvalue weighted by atomic mass is 16.4. The number of carbonyl (C=O) groups is 1. The average molecular weight is 260 g/mol. The Morgan fingerprint density at radius 3 is 1.72 bits per heavy atom. The van der Waals surface area contributed by atoms with Crippen molar-refractivity contribution in [2.75, 3.05) is 0 Å². The highest BCUT2D eigenvalue weighted by molar-refractivity contribution is 5.66. The fourth-order valence-electron chi connectivity index (χ4n) is 1.94. The first-order valence-corrected chi connectivity index (χ1v) is 7.45. The minimum atomic E-state index is -1.73. The SMILES string of the molecule is [2H]C([2H])(CC)C([2H])([2H])CCCCCCCCCCCC(=O)O. The van der Waals surface area contributed by atoms with Crippen molar-refractivity contribution in [1.29, 1.82) is 0 Å². The van der Waals surface area contributed by atoms with Crippen LogP contribution < -0.4 is 0 Å². The quantitative estimate of drug-likeness (QED) is 0.416. The van der Waals surface area contributed by atoms with E-state index in [2.05, 4.69) is 0 Å². The third-order valence-corrected chi connectivity index (χ3v) is 2.99. The fourth-order valence-corrected chi connectivity index (χ4v) is 1.94. The zero-order valence-corrected chi connectivity index (χ0v) is 11.8. The molecule has 2 nitrogen and oxygen atoms in total. The van der Waals surface area contributed by atoms with Crippen molar-refractivity contribution >= 4 is 5.97 Å². The molecule has 2 heteroatoms. The van der Waals surface area contributed by atoms with E-state index in [0.29, 0.717) is 6.42 Å². The van der Waals surface area contributed by atoms with Gasteiger partial charge in [0.25, 0.3) is 0 Å². The number of rotatable bonds is 14. The van der Waals surface area contributed by atoms with Gasteiger partial charge in [0.1, 0.15) is 0 Å². The van der Waals surface area contributed by atoms with E-state index in [1.807, 2.05) is 0 Å². The van der Waals surface area contributed by atoms with Crippen LogP contribution in [0.15, 0.2) is 0 Å². The summed E-state index contributed by atoms with van der Waals surface area (Å²) in [6, 6.07) is 0. The van der Waals surface area contributed by atoms with Crippen LogP contribution in [0.3, 0.4) is 0 Å². The Kier molecular flexibility index (Phi) is 9.13. The minimum absolute atomic E-state index is 0.210. The second kappa shape index (κ2) is 14.5. The van der Waals surface area contributed by atoms with E-state index in [9.17, 15) is 4.79 Å². The summed E-state index contributed by atoms with van der Waals surface area (Å²) >= 11 is 0. The number of carboxylic acid groups (broad SMARTS) is 1. The maximum absolute atomic E-state index is 10.3. The van der Waals surface area contributed by atoms with Gasteiger partial charge in [-0.15, -0.1) is 0 Å². The maximum atomic E-state index is 10.3. The monoisotopic (exact) mass is 260 g/mol. The summed E-state index contributed by atoms with van der Waals surface area (Å²) < 4.78 is 31.0. The van der Waals surface area contributed by atoms with Gasteiger partial charge in [0.05, 0.1) is 0 Å². The Labute approximate surface area is 119 Å². The molecular formula is C16H32O2. The summed E-state index contributed by atoms with van der Waals surface area (Å²) in [4.78, 5) is 10.3. The van der Waals surface area contributed by atoms with Crippen LogP contribution in [0, 0.1) is 0 Å². The first-order chi connectivity index (χ1) is 10.2. The van der Waals surface area contributed by atoms with Crippen molar-refractivity contribution in [3.05, 3.63) is 0 Å². The molecule has 0 saturated heterocycles. The van der Waals surface area contributed by atoms with Crippen LogP contribution >= 0.6 is 0 Å². The van der Waals surface area contributed by atoms with Gasteiger partial charge < -0.3 is 5.11 Å². The third-order valence-electron chi connectivity index (χ3n) is 2.99. The van der Waals surface area contributed by atoms with E-state index in [1.54, 1.807) is 6.92 Å². The maximum Gasteiger partial charge on any atom is 0.303 e. The topological polar surface area (TPSA) is 37.3 Å². The zero-order valence-electron chi connectivity index (χ0n) is 15.8. The zero-order chi connectivity index (χ0) is 17.1. The van der Waals surface area contributed by atoms with E-state index in [-0.39, 0.29) is 12.8 Å². The van der Waals surface area contributed by atoms with Crippen LogP contribution in [-0.2, 0) is 4.79 Å². The lowest BCUT2D eigenvalue weighted by molar-refractivity contribution is -0.137. The molecule has 1 N–H and O–H groups in total. The van der Waals surface area contributed by atoms with E-state index in [0.717, 1.165) is 57.8 Å². The molecule has 0 aromatic rings. The van der Waals surface area contributed by atoms with Crippen molar-refractivity contribution in [3.8, 4) is 0 Å². The summed E-state index contributed by atoms with van der Waals surface area (Å²) in [5.74, 6) is -0.715. The molecule has 0 aliphatic heterocycles. The number of hydrogen-bond donors (Lipinski definition) is 1. The number of hydrogen-bond acceptors (Lipinski definition) is 1. The summed E-state index contributed by atoms with van der Waals surface area (Å²) in [5, 5.41) is 8.51. The molecule has 18 heavy (non-hydrogen) atoms. The van der Waals surface area contributed by atoms with Gasteiger partial charge in [0, 0.05) is 11.9 Å². The Morgan fingerprint density at radius 2 is 1.28 bits per heavy atom. The van der Waals surface area contributed by atoms with Crippen LogP contribution in [-0.4, -0.2) is 11.1 Å². The van der Waals surface area contributed by atoms with E-state index in [4.69, 9.17) is 10.6 Å². The number of carboxylic acids is 1. The smallest absolute Gasteiger partial charge is 0.303 e. The molecule has 0 saturated carbocycles. The summed E-state index contributed by atoms with van der Waals surface area (Å²) in [6.07, 6.45) is 6.34. The molecule has 0 fully saturated rings. The van der Waals surface area contributed by atoms with Crippen molar-refractivity contribution < 1.29 is 15.4 Å². The van der Waals surface area contributed by atoms with Crippen LogP contribution in [0.5, 0.6) is 0 Å². The predicted octanol–water partition coefficient (Wildman–Crippen LogP) is 5.55. The minimum Gasteiger partial charge on any atom is -0.481 e. The van der Waals surface area contributed by atoms with Crippen LogP contribution in [0.25, 0.3) is 0 Å². The van der Waals surface area contributed by atoms with Crippen LogP contribution in [0.4, 0.5) is 0 Å². The van der Waals surface area contributed by atoms with Gasteiger partial charge in [-0.05, 0) is 6.42 Å². The van der Waals surface area contributed by atoms with E-state index < -0.39 is 18.7 Å². The van der Waals surface area contributed by atoms with Crippen LogP contribution in [0.1, 0.15) is 102 Å². The molecule has 0 amide bonds. The lowest BCUT2D eigenvalue weighted by Crippen LogP contribution is -1.93. The van der Waals surface area contributed by atoms with Gasteiger partial charge in [-0.2, -0.15) is 0 Å². The van der Waals surface area contributed by atoms with E-state index >= 15 is 0 Å². The third kappa shape index (κ3) is 15.5. The lowest BCUT2D eigenvalue weighted by atomic mass is 10.0. The van der Waals surface area contributed by atoms with Gasteiger partial charge in [-0.1, -0.05) is 83.9 Å². The largest absolute Gasteiger partial charge is 0.481 e. The molecule has 0 spiro atoms. The number of aliphatic carboxylic acids is 1. The molecule has 0 aromatic heterocycles. The molecule has 0 heterocycles. The van der Waals surface area contributed by atoms with E-state index in [1.165, 1.54) is 0 Å².